The Balaban J connectivity index is 1.32. The molecule has 2 heterocycles. The van der Waals surface area contributed by atoms with Gasteiger partial charge < -0.3 is 20.4 Å². The van der Waals surface area contributed by atoms with Gasteiger partial charge in [-0.05, 0) is 72.5 Å². The number of nitrogens with two attached hydrogens (primary N) is 1. The van der Waals surface area contributed by atoms with Crippen molar-refractivity contribution in [3.05, 3.63) is 101 Å². The highest BCUT2D eigenvalue weighted by Crippen LogP contribution is 2.31. The first-order valence-electron chi connectivity index (χ1n) is 13.4. The van der Waals surface area contributed by atoms with Crippen molar-refractivity contribution in [2.24, 2.45) is 0 Å². The summed E-state index contributed by atoms with van der Waals surface area (Å²) in [7, 11) is 4.08. The number of nitrogens with zero attached hydrogens (tertiary/aromatic N) is 6. The summed E-state index contributed by atoms with van der Waals surface area (Å²) in [5.74, 6) is 0.793. The van der Waals surface area contributed by atoms with Crippen LogP contribution < -0.4 is 15.5 Å². The third-order valence-corrected chi connectivity index (χ3v) is 8.08. The number of amides is 1. The third kappa shape index (κ3) is 6.24. The quantitative estimate of drug-likeness (QED) is 0.330. The fourth-order valence-corrected chi connectivity index (χ4v) is 5.71. The smallest absolute Gasteiger partial charge is 0.253 e. The predicted molar refractivity (Wildman–Crippen MR) is 161 cm³/mol. The molecule has 8 nitrogen and oxygen atoms in total. The van der Waals surface area contributed by atoms with Gasteiger partial charge in [0.15, 0.2) is 5.82 Å². The summed E-state index contributed by atoms with van der Waals surface area (Å²) in [6, 6.07) is 25.5. The van der Waals surface area contributed by atoms with Crippen molar-refractivity contribution in [1.29, 1.82) is 5.26 Å². The van der Waals surface area contributed by atoms with E-state index in [1.807, 2.05) is 31.1 Å². The summed E-state index contributed by atoms with van der Waals surface area (Å²) in [6.07, 6.45) is 1.62. The molecule has 0 radical (unpaired) electrons. The fraction of sp³-hybridized carbons (Fsp3) is 0.290. The highest BCUT2D eigenvalue weighted by molar-refractivity contribution is 7.09. The van der Waals surface area contributed by atoms with E-state index in [9.17, 15) is 4.79 Å². The van der Waals surface area contributed by atoms with Crippen LogP contribution in [-0.2, 0) is 6.42 Å². The molecule has 1 aliphatic heterocycles. The maximum Gasteiger partial charge on any atom is 0.253 e. The van der Waals surface area contributed by atoms with Crippen molar-refractivity contribution >= 4 is 33.9 Å². The molecule has 1 fully saturated rings. The number of benzene rings is 3. The van der Waals surface area contributed by atoms with Crippen molar-refractivity contribution in [3.63, 3.8) is 0 Å². The first-order valence-corrected chi connectivity index (χ1v) is 14.2. The molecule has 0 spiro atoms. The minimum atomic E-state index is -0.00649. The van der Waals surface area contributed by atoms with E-state index in [0.29, 0.717) is 30.8 Å². The van der Waals surface area contributed by atoms with Crippen LogP contribution >= 0.6 is 11.5 Å². The number of hydrogen-bond donors (Lipinski definition) is 1. The second-order valence-corrected chi connectivity index (χ2v) is 11.0. The zero-order chi connectivity index (χ0) is 28.1. The summed E-state index contributed by atoms with van der Waals surface area (Å²) in [5.41, 5.74) is 11.4. The number of nitrogen functional groups attached to an aromatic ring is 1. The zero-order valence-corrected chi connectivity index (χ0v) is 23.6. The number of nitriles is 1. The standard InChI is InChI=1S/C31H33N7OS/c1-36(2)27-14-6-22(7-15-27)20-28(24-10-12-26(33)13-11-24)29-34-31(40-35-29)38-17-3-16-37(18-19-38)30(39)25-8-4-23(21-32)5-9-25/h4-15,28H,3,16-20,33H2,1-2H3. The van der Waals surface area contributed by atoms with E-state index in [2.05, 4.69) is 52.3 Å². The van der Waals surface area contributed by atoms with Gasteiger partial charge in [-0.2, -0.15) is 9.64 Å². The third-order valence-electron chi connectivity index (χ3n) is 7.29. The van der Waals surface area contributed by atoms with Crippen LogP contribution in [0.3, 0.4) is 0 Å². The second-order valence-electron chi connectivity index (χ2n) is 10.2. The number of aromatic nitrogens is 2. The van der Waals surface area contributed by atoms with Crippen molar-refractivity contribution in [3.8, 4) is 6.07 Å². The second kappa shape index (κ2) is 12.2. The van der Waals surface area contributed by atoms with Gasteiger partial charge in [0.2, 0.25) is 5.13 Å². The average Bonchev–Trinajstić information content (AvgIpc) is 3.33. The van der Waals surface area contributed by atoms with Gasteiger partial charge in [0.1, 0.15) is 0 Å². The SMILES string of the molecule is CN(C)c1ccc(CC(c2ccc(N)cc2)c2nsc(N3CCCN(C(=O)c4ccc(C#N)cc4)CC3)n2)cc1. The van der Waals surface area contributed by atoms with Crippen LogP contribution in [0.2, 0.25) is 0 Å². The molecule has 0 aliphatic carbocycles. The van der Waals surface area contributed by atoms with Crippen LogP contribution in [0.1, 0.15) is 45.2 Å². The van der Waals surface area contributed by atoms with Crippen LogP contribution in [0.25, 0.3) is 0 Å². The first kappa shape index (κ1) is 27.2. The Bertz CT molecular complexity index is 1470. The maximum absolute atomic E-state index is 13.1. The Hall–Kier alpha value is -4.42. The number of carbonyl (C=O) groups is 1. The van der Waals surface area contributed by atoms with E-state index in [0.717, 1.165) is 47.3 Å². The molecule has 4 aromatic rings. The first-order chi connectivity index (χ1) is 19.4. The Morgan fingerprint density at radius 3 is 2.40 bits per heavy atom. The largest absolute Gasteiger partial charge is 0.399 e. The Labute approximate surface area is 239 Å². The van der Waals surface area contributed by atoms with E-state index in [1.54, 1.807) is 24.3 Å². The fourth-order valence-electron chi connectivity index (χ4n) is 4.93. The predicted octanol–water partition coefficient (Wildman–Crippen LogP) is 4.79. The van der Waals surface area contributed by atoms with Crippen molar-refractivity contribution in [2.45, 2.75) is 18.8 Å². The van der Waals surface area contributed by atoms with Crippen LogP contribution in [0.4, 0.5) is 16.5 Å². The Morgan fingerprint density at radius 1 is 1.00 bits per heavy atom. The molecule has 0 saturated carbocycles. The molecular formula is C31H33N7OS. The van der Waals surface area contributed by atoms with E-state index in [4.69, 9.17) is 20.4 Å². The molecule has 1 atom stereocenters. The van der Waals surface area contributed by atoms with E-state index < -0.39 is 0 Å². The Kier molecular flexibility index (Phi) is 8.27. The molecule has 204 valence electrons. The molecule has 1 aromatic heterocycles. The topological polar surface area (TPSA) is 102 Å². The molecule has 3 aromatic carbocycles. The summed E-state index contributed by atoms with van der Waals surface area (Å²) in [4.78, 5) is 24.3. The lowest BCUT2D eigenvalue weighted by Gasteiger charge is -2.21. The summed E-state index contributed by atoms with van der Waals surface area (Å²) in [5, 5.41) is 9.92. The van der Waals surface area contributed by atoms with E-state index >= 15 is 0 Å². The number of carbonyl (C=O) groups excluding carboxylic acids is 1. The molecule has 5 rings (SSSR count). The molecule has 1 saturated heterocycles. The molecule has 1 amide bonds. The normalized spacial score (nSPS) is 14.3. The van der Waals surface area contributed by atoms with E-state index in [1.165, 1.54) is 17.1 Å². The highest BCUT2D eigenvalue weighted by Gasteiger charge is 2.25. The zero-order valence-electron chi connectivity index (χ0n) is 22.8. The van der Waals surface area contributed by atoms with Crippen molar-refractivity contribution < 1.29 is 4.79 Å². The molecule has 40 heavy (non-hydrogen) atoms. The molecule has 1 unspecified atom stereocenters. The molecule has 1 aliphatic rings. The highest BCUT2D eigenvalue weighted by atomic mass is 32.1. The van der Waals surface area contributed by atoms with Gasteiger partial charge in [0.05, 0.1) is 11.6 Å². The van der Waals surface area contributed by atoms with Gasteiger partial charge in [0.25, 0.3) is 5.91 Å². The van der Waals surface area contributed by atoms with E-state index in [-0.39, 0.29) is 11.8 Å². The minimum absolute atomic E-state index is 0.00255. The molecule has 2 N–H and O–H groups in total. The summed E-state index contributed by atoms with van der Waals surface area (Å²) >= 11 is 1.42. The number of rotatable bonds is 7. The average molecular weight is 552 g/mol. The van der Waals surface area contributed by atoms with Gasteiger partial charge >= 0.3 is 0 Å². The minimum Gasteiger partial charge on any atom is -0.399 e. The molecule has 0 bridgehead atoms. The lowest BCUT2D eigenvalue weighted by atomic mass is 9.91. The van der Waals surface area contributed by atoms with Gasteiger partial charge in [-0.25, -0.2) is 4.98 Å². The van der Waals surface area contributed by atoms with Crippen LogP contribution in [0, 0.1) is 11.3 Å². The monoisotopic (exact) mass is 551 g/mol. The number of hydrogen-bond acceptors (Lipinski definition) is 8. The van der Waals surface area contributed by atoms with Gasteiger partial charge in [-0.3, -0.25) is 4.79 Å². The lowest BCUT2D eigenvalue weighted by molar-refractivity contribution is 0.0767. The van der Waals surface area contributed by atoms with Crippen molar-refractivity contribution in [2.75, 3.05) is 55.8 Å². The van der Waals surface area contributed by atoms with Gasteiger partial charge in [-0.15, -0.1) is 0 Å². The molecular weight excluding hydrogens is 518 g/mol. The summed E-state index contributed by atoms with van der Waals surface area (Å²) < 4.78 is 4.82. The van der Waals surface area contributed by atoms with Crippen LogP contribution in [-0.4, -0.2) is 60.4 Å². The van der Waals surface area contributed by atoms with Crippen LogP contribution in [0.15, 0.2) is 72.8 Å². The van der Waals surface area contributed by atoms with Gasteiger partial charge in [0, 0.05) is 74.7 Å². The summed E-state index contributed by atoms with van der Waals surface area (Å²) in [6.45, 7) is 2.78. The Morgan fingerprint density at radius 2 is 1.73 bits per heavy atom. The lowest BCUT2D eigenvalue weighted by Crippen LogP contribution is -2.35. The van der Waals surface area contributed by atoms with Crippen molar-refractivity contribution in [1.82, 2.24) is 14.3 Å². The van der Waals surface area contributed by atoms with Gasteiger partial charge in [-0.1, -0.05) is 24.3 Å². The molecule has 9 heteroatoms. The maximum atomic E-state index is 13.1. The number of anilines is 3. The van der Waals surface area contributed by atoms with Crippen LogP contribution in [0.5, 0.6) is 0 Å².